The fourth-order valence-corrected chi connectivity index (χ4v) is 3.82. The molecule has 16 nitrogen and oxygen atoms in total. The molecule has 0 aliphatic carbocycles. The van der Waals surface area contributed by atoms with Crippen LogP contribution in [-0.4, -0.2) is 80.8 Å². The van der Waals surface area contributed by atoms with E-state index in [9.17, 15) is 24.0 Å². The number of fused-ring (bicyclic) bond motifs is 1. The average Bonchev–Trinajstić information content (AvgIpc) is 3.47. The van der Waals surface area contributed by atoms with Crippen molar-refractivity contribution in [1.29, 1.82) is 0 Å². The molecule has 0 aliphatic heterocycles. The molecule has 2 atom stereocenters. The molecule has 0 aliphatic rings. The smallest absolute Gasteiger partial charge is 0.332 e. The number of benzene rings is 2. The monoisotopic (exact) mass is 596 g/mol. The highest BCUT2D eigenvalue weighted by molar-refractivity contribution is 6.08. The van der Waals surface area contributed by atoms with E-state index in [0.29, 0.717) is 24.2 Å². The van der Waals surface area contributed by atoms with E-state index < -0.39 is 24.1 Å². The van der Waals surface area contributed by atoms with Gasteiger partial charge >= 0.3 is 12.0 Å². The summed E-state index contributed by atoms with van der Waals surface area (Å²) in [5.74, 6) is -1.27. The van der Waals surface area contributed by atoms with Crippen molar-refractivity contribution in [2.75, 3.05) is 7.05 Å². The van der Waals surface area contributed by atoms with Gasteiger partial charge in [-0.1, -0.05) is 55.5 Å². The lowest BCUT2D eigenvalue weighted by Gasteiger charge is -2.17. The van der Waals surface area contributed by atoms with Crippen molar-refractivity contribution in [2.24, 2.45) is 16.8 Å². The molecule has 0 fully saturated rings. The zero-order valence-corrected chi connectivity index (χ0v) is 24.0. The van der Waals surface area contributed by atoms with Crippen LogP contribution in [0.3, 0.4) is 0 Å². The molecule has 1 heterocycles. The number of aromatic amines is 1. The Kier molecular flexibility index (Phi) is 13.7. The molecule has 0 bridgehead atoms. The Balaban J connectivity index is 0.000000320. The quantitative estimate of drug-likeness (QED) is 0.107. The van der Waals surface area contributed by atoms with Crippen LogP contribution in [0.25, 0.3) is 10.8 Å². The first kappa shape index (κ1) is 33.8. The summed E-state index contributed by atoms with van der Waals surface area (Å²) in [6.07, 6.45) is 1.87. The zero-order chi connectivity index (χ0) is 31.8. The second kappa shape index (κ2) is 17.4. The molecule has 1 aromatic heterocycles. The maximum atomic E-state index is 12.7. The number of carboxylic acid groups (broad SMARTS) is 1. The number of nitrogens with one attached hydrogen (secondary N) is 5. The number of tetrazole rings is 1. The third-order valence-corrected chi connectivity index (χ3v) is 5.71. The number of hydrazone groups is 1. The predicted molar refractivity (Wildman–Crippen MR) is 157 cm³/mol. The van der Waals surface area contributed by atoms with Crippen molar-refractivity contribution in [3.63, 3.8) is 0 Å². The van der Waals surface area contributed by atoms with Crippen LogP contribution in [-0.2, 0) is 20.8 Å². The molecular weight excluding hydrogens is 560 g/mol. The average molecular weight is 597 g/mol. The first-order valence-corrected chi connectivity index (χ1v) is 13.3. The second-order valence-corrected chi connectivity index (χ2v) is 9.66. The van der Waals surface area contributed by atoms with Crippen molar-refractivity contribution in [3.8, 4) is 0 Å². The van der Waals surface area contributed by atoms with Gasteiger partial charge in [0.2, 0.25) is 11.8 Å². The number of likely N-dealkylation sites (N-methyl/N-ethyl adjacent to an activating group) is 1. The molecule has 230 valence electrons. The van der Waals surface area contributed by atoms with Gasteiger partial charge in [-0.3, -0.25) is 19.2 Å². The van der Waals surface area contributed by atoms with Crippen LogP contribution >= 0.6 is 0 Å². The number of rotatable bonds is 13. The maximum absolute atomic E-state index is 12.7. The number of nitrogens with two attached hydrogens (primary N) is 1. The summed E-state index contributed by atoms with van der Waals surface area (Å²) in [5, 5.41) is 35.3. The summed E-state index contributed by atoms with van der Waals surface area (Å²) < 4.78 is 0. The molecule has 43 heavy (non-hydrogen) atoms. The van der Waals surface area contributed by atoms with Gasteiger partial charge in [0.05, 0.1) is 12.5 Å². The Bertz CT molecular complexity index is 1410. The molecule has 0 spiro atoms. The summed E-state index contributed by atoms with van der Waals surface area (Å²) in [5.41, 5.74) is 7.24. The molecule has 2 aromatic carbocycles. The minimum Gasteiger partial charge on any atom is -0.481 e. The van der Waals surface area contributed by atoms with E-state index in [0.717, 1.165) is 17.0 Å². The summed E-state index contributed by atoms with van der Waals surface area (Å²) in [4.78, 5) is 57.2. The number of aliphatic carboxylic acids is 1. The van der Waals surface area contributed by atoms with Gasteiger partial charge in [0.15, 0.2) is 5.82 Å². The summed E-state index contributed by atoms with van der Waals surface area (Å²) in [7, 11) is 1.54. The zero-order valence-electron chi connectivity index (χ0n) is 24.0. The first-order chi connectivity index (χ1) is 20.5. The van der Waals surface area contributed by atoms with Crippen LogP contribution in [0.1, 0.15) is 49.3 Å². The number of carbonyl (C=O) groups is 5. The lowest BCUT2D eigenvalue weighted by Crippen LogP contribution is -2.46. The molecule has 8 N–H and O–H groups in total. The van der Waals surface area contributed by atoms with Gasteiger partial charge in [-0.15, -0.1) is 10.2 Å². The number of nitrogens with zero attached hydrogens (tertiary/aromatic N) is 4. The number of aromatic nitrogens is 4. The Labute approximate surface area is 247 Å². The molecule has 3 rings (SSSR count). The van der Waals surface area contributed by atoms with Crippen LogP contribution < -0.4 is 27.1 Å². The van der Waals surface area contributed by atoms with E-state index in [1.165, 1.54) is 7.05 Å². The van der Waals surface area contributed by atoms with Gasteiger partial charge < -0.3 is 26.8 Å². The van der Waals surface area contributed by atoms with Crippen molar-refractivity contribution in [3.05, 3.63) is 53.9 Å². The highest BCUT2D eigenvalue weighted by Gasteiger charge is 2.22. The number of carbonyl (C=O) groups excluding carboxylic acids is 4. The Morgan fingerprint density at radius 3 is 2.40 bits per heavy atom. The molecule has 0 saturated heterocycles. The van der Waals surface area contributed by atoms with Gasteiger partial charge in [-0.2, -0.15) is 10.3 Å². The number of H-pyrrole nitrogens is 1. The third-order valence-electron chi connectivity index (χ3n) is 5.71. The largest absolute Gasteiger partial charge is 0.481 e. The van der Waals surface area contributed by atoms with E-state index in [-0.39, 0.29) is 36.5 Å². The minimum atomic E-state index is -1.09. The Hall–Kier alpha value is -5.41. The fourth-order valence-electron chi connectivity index (χ4n) is 3.82. The fraction of sp³-hybridized carbons (Fsp3) is 0.370. The normalized spacial score (nSPS) is 12.1. The van der Waals surface area contributed by atoms with Crippen molar-refractivity contribution < 1.29 is 29.1 Å². The molecule has 0 saturated carbocycles. The topological polar surface area (TPSA) is 247 Å². The maximum Gasteiger partial charge on any atom is 0.332 e. The second-order valence-electron chi connectivity index (χ2n) is 9.66. The van der Waals surface area contributed by atoms with E-state index in [1.807, 2.05) is 55.7 Å². The van der Waals surface area contributed by atoms with Crippen LogP contribution in [0.2, 0.25) is 0 Å². The Morgan fingerprint density at radius 1 is 1.05 bits per heavy atom. The van der Waals surface area contributed by atoms with Crippen molar-refractivity contribution >= 4 is 46.7 Å². The SMILES string of the molecule is CC(C)CC(=O)N[C@H](/C=N/NC(N)=O)CC(=O)O.CNC(=O)[C@H](CCc1nn[nH]n1)NC(=O)c1cccc2ccccc12. The molecule has 5 amide bonds. The highest BCUT2D eigenvalue weighted by atomic mass is 16.4. The van der Waals surface area contributed by atoms with Gasteiger partial charge in [0.1, 0.15) is 6.04 Å². The molecule has 3 aromatic rings. The van der Waals surface area contributed by atoms with Crippen molar-refractivity contribution in [2.45, 2.75) is 51.6 Å². The number of carboxylic acids is 1. The molecule has 16 heteroatoms. The van der Waals surface area contributed by atoms with Gasteiger partial charge in [0.25, 0.3) is 5.91 Å². The number of primary amides is 1. The standard InChI is InChI=1S/C17H18N6O2.C10H18N4O4/c1-18-17(25)14(9-10-15-20-22-23-21-15)19-16(24)13-8-4-6-11-5-2-3-7-12(11)13;1-6(2)3-8(15)13-7(4-9(16)17)5-12-14-10(11)18/h2-8,14H,9-10H2,1H3,(H,18,25)(H,19,24)(H,20,21,22,23);5-7H,3-4H2,1-2H3,(H,13,15)(H,16,17)(H3,11,14,18)/b;12-5+/t14-;7-/m00/s1. The molecule has 0 radical (unpaired) electrons. The summed E-state index contributed by atoms with van der Waals surface area (Å²) in [6.45, 7) is 3.74. The van der Waals surface area contributed by atoms with Crippen LogP contribution in [0.5, 0.6) is 0 Å². The number of amides is 5. The Morgan fingerprint density at radius 2 is 1.77 bits per heavy atom. The predicted octanol–water partition coefficient (Wildman–Crippen LogP) is 0.476. The van der Waals surface area contributed by atoms with Gasteiger partial charge in [0, 0.05) is 31.7 Å². The van der Waals surface area contributed by atoms with Crippen molar-refractivity contribution in [1.82, 2.24) is 42.0 Å². The van der Waals surface area contributed by atoms with Crippen LogP contribution in [0.15, 0.2) is 47.6 Å². The summed E-state index contributed by atoms with van der Waals surface area (Å²) >= 11 is 0. The van der Waals surface area contributed by atoms with E-state index >= 15 is 0 Å². The van der Waals surface area contributed by atoms with E-state index in [2.05, 4.69) is 41.7 Å². The number of urea groups is 1. The number of aryl methyl sites for hydroxylation is 1. The van der Waals surface area contributed by atoms with Gasteiger partial charge in [-0.25, -0.2) is 10.2 Å². The van der Waals surface area contributed by atoms with E-state index in [1.54, 1.807) is 6.07 Å². The van der Waals surface area contributed by atoms with Gasteiger partial charge in [-0.05, 0) is 29.2 Å². The first-order valence-electron chi connectivity index (χ1n) is 13.3. The molecular formula is C27H36N10O6. The highest BCUT2D eigenvalue weighted by Crippen LogP contribution is 2.18. The minimum absolute atomic E-state index is 0.163. The van der Waals surface area contributed by atoms with Crippen LogP contribution in [0, 0.1) is 5.92 Å². The third kappa shape index (κ3) is 12.3. The lowest BCUT2D eigenvalue weighted by atomic mass is 10.0. The van der Waals surface area contributed by atoms with E-state index in [4.69, 9.17) is 10.8 Å². The lowest BCUT2D eigenvalue weighted by molar-refractivity contribution is -0.137. The number of hydrogen-bond donors (Lipinski definition) is 7. The summed E-state index contributed by atoms with van der Waals surface area (Å²) in [6, 6.07) is 10.8. The van der Waals surface area contributed by atoms with Crippen LogP contribution in [0.4, 0.5) is 4.79 Å². The molecule has 0 unspecified atom stereocenters. The number of hydrogen-bond acceptors (Lipinski definition) is 9.